The molecule has 1 aromatic heterocycles. The summed E-state index contributed by atoms with van der Waals surface area (Å²) in [5.74, 6) is 1.37. The molecule has 3 heterocycles. The number of imidazole rings is 1. The zero-order valence-electron chi connectivity index (χ0n) is 12.2. The number of nitrogens with zero attached hydrogens (tertiary/aromatic N) is 3. The first-order valence-corrected chi connectivity index (χ1v) is 7.65. The Morgan fingerprint density at radius 1 is 1.29 bits per heavy atom. The van der Waals surface area contributed by atoms with Crippen LogP contribution < -0.4 is 4.90 Å². The highest BCUT2D eigenvalue weighted by molar-refractivity contribution is 5.97. The van der Waals surface area contributed by atoms with Crippen LogP contribution >= 0.6 is 0 Å². The summed E-state index contributed by atoms with van der Waals surface area (Å²) in [5.41, 5.74) is 2.39. The Morgan fingerprint density at radius 2 is 2.14 bits per heavy atom. The maximum atomic E-state index is 13.0. The van der Waals surface area contributed by atoms with E-state index in [1.54, 1.807) is 0 Å². The van der Waals surface area contributed by atoms with E-state index in [0.29, 0.717) is 0 Å². The summed E-state index contributed by atoms with van der Waals surface area (Å²) in [6, 6.07) is 8.53. The van der Waals surface area contributed by atoms with Crippen LogP contribution in [0.3, 0.4) is 0 Å². The lowest BCUT2D eigenvalue weighted by molar-refractivity contribution is -0.123. The molecule has 0 radical (unpaired) electrons. The molecular weight excluding hydrogens is 262 g/mol. The zero-order chi connectivity index (χ0) is 14.4. The van der Waals surface area contributed by atoms with Crippen LogP contribution in [0.15, 0.2) is 36.7 Å². The van der Waals surface area contributed by atoms with Gasteiger partial charge in [0.05, 0.1) is 0 Å². The van der Waals surface area contributed by atoms with Gasteiger partial charge in [-0.3, -0.25) is 4.79 Å². The second-order valence-corrected chi connectivity index (χ2v) is 6.12. The highest BCUT2D eigenvalue weighted by Gasteiger charge is 2.36. The molecule has 2 unspecified atom stereocenters. The number of amides is 1. The maximum Gasteiger partial charge on any atom is 0.230 e. The fourth-order valence-corrected chi connectivity index (χ4v) is 3.66. The number of carbonyl (C=O) groups excluding carboxylic acids is 1. The standard InChI is InChI=1S/C17H19N3O/c1-12-10-13-4-2-3-5-15(13)20(12)17(21)14-6-8-19-9-7-18-16(19)11-14/h2-5,7,9,12,14H,6,8,10-11H2,1H3. The molecule has 0 bridgehead atoms. The number of anilines is 1. The molecule has 1 aromatic carbocycles. The lowest BCUT2D eigenvalue weighted by Crippen LogP contribution is -2.42. The smallest absolute Gasteiger partial charge is 0.230 e. The molecule has 4 rings (SSSR count). The van der Waals surface area contributed by atoms with E-state index in [9.17, 15) is 4.79 Å². The van der Waals surface area contributed by atoms with Gasteiger partial charge in [-0.25, -0.2) is 4.98 Å². The molecule has 4 nitrogen and oxygen atoms in total. The van der Waals surface area contributed by atoms with E-state index in [4.69, 9.17) is 0 Å². The van der Waals surface area contributed by atoms with Crippen LogP contribution in [0.4, 0.5) is 5.69 Å². The first kappa shape index (κ1) is 12.6. The van der Waals surface area contributed by atoms with Crippen molar-refractivity contribution >= 4 is 11.6 Å². The van der Waals surface area contributed by atoms with Crippen molar-refractivity contribution in [2.75, 3.05) is 4.90 Å². The Balaban J connectivity index is 1.61. The fourth-order valence-electron chi connectivity index (χ4n) is 3.66. The van der Waals surface area contributed by atoms with Crippen LogP contribution in [0, 0.1) is 5.92 Å². The van der Waals surface area contributed by atoms with Crippen LogP contribution in [0.5, 0.6) is 0 Å². The lowest BCUT2D eigenvalue weighted by atomic mass is 9.95. The minimum Gasteiger partial charge on any atom is -0.335 e. The molecule has 2 aromatic rings. The topological polar surface area (TPSA) is 38.1 Å². The average Bonchev–Trinajstić information content (AvgIpc) is 3.08. The quantitative estimate of drug-likeness (QED) is 0.805. The lowest BCUT2D eigenvalue weighted by Gasteiger charge is -2.30. The van der Waals surface area contributed by atoms with Gasteiger partial charge < -0.3 is 9.47 Å². The molecule has 0 saturated carbocycles. The molecule has 4 heteroatoms. The number of rotatable bonds is 1. The monoisotopic (exact) mass is 281 g/mol. The average molecular weight is 281 g/mol. The van der Waals surface area contributed by atoms with Gasteiger partial charge in [-0.05, 0) is 31.4 Å². The van der Waals surface area contributed by atoms with E-state index in [1.165, 1.54) is 5.56 Å². The molecule has 2 aliphatic rings. The summed E-state index contributed by atoms with van der Waals surface area (Å²) in [5, 5.41) is 0. The molecule has 108 valence electrons. The van der Waals surface area contributed by atoms with Gasteiger partial charge in [-0.15, -0.1) is 0 Å². The number of para-hydroxylation sites is 1. The van der Waals surface area contributed by atoms with Gasteiger partial charge in [0, 0.05) is 43.0 Å². The van der Waals surface area contributed by atoms with Crippen LogP contribution in [0.1, 0.15) is 24.7 Å². The van der Waals surface area contributed by atoms with Gasteiger partial charge in [0.1, 0.15) is 5.82 Å². The van der Waals surface area contributed by atoms with E-state index < -0.39 is 0 Å². The number of fused-ring (bicyclic) bond motifs is 2. The van der Waals surface area contributed by atoms with Crippen molar-refractivity contribution in [3.63, 3.8) is 0 Å². The number of hydrogen-bond donors (Lipinski definition) is 0. The highest BCUT2D eigenvalue weighted by atomic mass is 16.2. The molecule has 21 heavy (non-hydrogen) atoms. The number of aromatic nitrogens is 2. The van der Waals surface area contributed by atoms with E-state index in [0.717, 1.165) is 37.3 Å². The van der Waals surface area contributed by atoms with Gasteiger partial charge >= 0.3 is 0 Å². The predicted octanol–water partition coefficient (Wildman–Crippen LogP) is 2.42. The van der Waals surface area contributed by atoms with Crippen molar-refractivity contribution in [3.8, 4) is 0 Å². The Morgan fingerprint density at radius 3 is 3.05 bits per heavy atom. The minimum absolute atomic E-state index is 0.0634. The summed E-state index contributed by atoms with van der Waals surface area (Å²) >= 11 is 0. The molecule has 2 atom stereocenters. The Bertz CT molecular complexity index is 691. The van der Waals surface area contributed by atoms with Gasteiger partial charge in [0.15, 0.2) is 0 Å². The van der Waals surface area contributed by atoms with Crippen molar-refractivity contribution in [1.29, 1.82) is 0 Å². The Kier molecular flexibility index (Phi) is 2.84. The predicted molar refractivity (Wildman–Crippen MR) is 81.1 cm³/mol. The van der Waals surface area contributed by atoms with Crippen molar-refractivity contribution < 1.29 is 4.79 Å². The summed E-state index contributed by atoms with van der Waals surface area (Å²) in [6.07, 6.45) is 6.47. The van der Waals surface area contributed by atoms with Gasteiger partial charge in [0.2, 0.25) is 5.91 Å². The molecule has 0 N–H and O–H groups in total. The summed E-state index contributed by atoms with van der Waals surface area (Å²) < 4.78 is 2.16. The van der Waals surface area contributed by atoms with Gasteiger partial charge in [-0.2, -0.15) is 0 Å². The molecule has 0 aliphatic carbocycles. The third kappa shape index (κ3) is 1.97. The number of benzene rings is 1. The number of hydrogen-bond acceptors (Lipinski definition) is 2. The third-order valence-electron chi connectivity index (χ3n) is 4.74. The van der Waals surface area contributed by atoms with Crippen molar-refractivity contribution in [2.45, 2.75) is 38.8 Å². The van der Waals surface area contributed by atoms with E-state index in [2.05, 4.69) is 34.7 Å². The largest absolute Gasteiger partial charge is 0.335 e. The van der Waals surface area contributed by atoms with Crippen LogP contribution in [0.2, 0.25) is 0 Å². The molecule has 0 fully saturated rings. The van der Waals surface area contributed by atoms with Crippen LogP contribution in [-0.2, 0) is 24.2 Å². The maximum absolute atomic E-state index is 13.0. The molecule has 2 aliphatic heterocycles. The zero-order valence-corrected chi connectivity index (χ0v) is 12.2. The Labute approximate surface area is 124 Å². The molecule has 0 saturated heterocycles. The Hall–Kier alpha value is -2.10. The van der Waals surface area contributed by atoms with Gasteiger partial charge in [-0.1, -0.05) is 18.2 Å². The minimum atomic E-state index is 0.0634. The van der Waals surface area contributed by atoms with Gasteiger partial charge in [0.25, 0.3) is 0 Å². The van der Waals surface area contributed by atoms with E-state index >= 15 is 0 Å². The third-order valence-corrected chi connectivity index (χ3v) is 4.74. The van der Waals surface area contributed by atoms with Crippen molar-refractivity contribution in [3.05, 3.63) is 48.0 Å². The first-order valence-electron chi connectivity index (χ1n) is 7.65. The number of carbonyl (C=O) groups is 1. The first-order chi connectivity index (χ1) is 10.2. The summed E-state index contributed by atoms with van der Waals surface area (Å²) in [4.78, 5) is 19.4. The fraction of sp³-hybridized carbons (Fsp3) is 0.412. The van der Waals surface area contributed by atoms with Crippen molar-refractivity contribution in [1.82, 2.24) is 9.55 Å². The highest BCUT2D eigenvalue weighted by Crippen LogP contribution is 2.34. The second-order valence-electron chi connectivity index (χ2n) is 6.12. The molecule has 1 amide bonds. The molecular formula is C17H19N3O. The van der Waals surface area contributed by atoms with Crippen LogP contribution in [0.25, 0.3) is 0 Å². The summed E-state index contributed by atoms with van der Waals surface area (Å²) in [7, 11) is 0. The van der Waals surface area contributed by atoms with Crippen molar-refractivity contribution in [2.24, 2.45) is 5.92 Å². The number of aryl methyl sites for hydroxylation is 1. The normalized spacial score (nSPS) is 23.8. The second kappa shape index (κ2) is 4.72. The van der Waals surface area contributed by atoms with Crippen LogP contribution in [-0.4, -0.2) is 21.5 Å². The van der Waals surface area contributed by atoms with E-state index in [1.807, 2.05) is 23.4 Å². The molecule has 0 spiro atoms. The van der Waals surface area contributed by atoms with E-state index in [-0.39, 0.29) is 17.9 Å². The summed E-state index contributed by atoms with van der Waals surface area (Å²) in [6.45, 7) is 3.04. The SMILES string of the molecule is CC1Cc2ccccc2N1C(=O)C1CCn2ccnc2C1.